The van der Waals surface area contributed by atoms with Crippen LogP contribution in [0.15, 0.2) is 46.0 Å². The minimum atomic E-state index is -0.525. The summed E-state index contributed by atoms with van der Waals surface area (Å²) in [6, 6.07) is 10.5. The maximum atomic E-state index is 11.2. The Morgan fingerprint density at radius 3 is 2.62 bits per heavy atom. The summed E-state index contributed by atoms with van der Waals surface area (Å²) in [6.45, 7) is 0.129. The van der Waals surface area contributed by atoms with Crippen molar-refractivity contribution in [3.05, 3.63) is 53.5 Å². The van der Waals surface area contributed by atoms with E-state index in [1.54, 1.807) is 19.4 Å². The molecule has 0 spiro atoms. The number of hydrogen-bond donors (Lipinski definition) is 0. The van der Waals surface area contributed by atoms with Gasteiger partial charge in [0.1, 0.15) is 11.5 Å². The molecule has 6 heteroatoms. The maximum absolute atomic E-state index is 11.2. The Bertz CT molecular complexity index is 615. The fourth-order valence-corrected chi connectivity index (χ4v) is 1.55. The van der Waals surface area contributed by atoms with E-state index in [0.29, 0.717) is 5.76 Å². The van der Waals surface area contributed by atoms with Crippen LogP contribution < -0.4 is 4.74 Å². The minimum Gasteiger partial charge on any atom is -0.497 e. The van der Waals surface area contributed by atoms with Crippen LogP contribution in [0.1, 0.15) is 21.9 Å². The zero-order valence-electron chi connectivity index (χ0n) is 11.7. The number of carbonyl (C=O) groups excluding carboxylic acids is 1. The number of oxime groups is 1. The van der Waals surface area contributed by atoms with E-state index in [9.17, 15) is 4.79 Å². The van der Waals surface area contributed by atoms with Crippen LogP contribution in [0, 0.1) is 0 Å². The number of ether oxygens (including phenoxy) is 2. The molecule has 0 aliphatic rings. The van der Waals surface area contributed by atoms with Crippen molar-refractivity contribution in [2.75, 3.05) is 14.2 Å². The van der Waals surface area contributed by atoms with Crippen LogP contribution in [0.4, 0.5) is 0 Å². The van der Waals surface area contributed by atoms with Crippen molar-refractivity contribution >= 4 is 12.2 Å². The second-order valence-electron chi connectivity index (χ2n) is 4.04. The van der Waals surface area contributed by atoms with Crippen LogP contribution >= 0.6 is 0 Å². The standard InChI is InChI=1S/C15H15NO5/c1-18-12-5-3-11(4-6-12)9-16-20-10-13-7-8-14(21-13)15(17)19-2/h3-9H,10H2,1-2H3/b16-9-. The van der Waals surface area contributed by atoms with Crippen molar-refractivity contribution in [3.8, 4) is 5.75 Å². The highest BCUT2D eigenvalue weighted by atomic mass is 16.6. The molecule has 0 saturated carbocycles. The van der Waals surface area contributed by atoms with Crippen LogP contribution in [-0.4, -0.2) is 26.4 Å². The molecule has 0 saturated heterocycles. The Morgan fingerprint density at radius 2 is 1.95 bits per heavy atom. The third-order valence-electron chi connectivity index (χ3n) is 2.65. The molecule has 0 bridgehead atoms. The molecular formula is C15H15NO5. The van der Waals surface area contributed by atoms with Gasteiger partial charge < -0.3 is 18.7 Å². The largest absolute Gasteiger partial charge is 0.497 e. The summed E-state index contributed by atoms with van der Waals surface area (Å²) in [5, 5.41) is 3.82. The first kappa shape index (κ1) is 14.6. The molecular weight excluding hydrogens is 274 g/mol. The highest BCUT2D eigenvalue weighted by Gasteiger charge is 2.10. The molecule has 110 valence electrons. The quantitative estimate of drug-likeness (QED) is 0.464. The third kappa shape index (κ3) is 4.10. The smallest absolute Gasteiger partial charge is 0.373 e. The summed E-state index contributed by atoms with van der Waals surface area (Å²) < 4.78 is 14.8. The first-order valence-corrected chi connectivity index (χ1v) is 6.19. The van der Waals surface area contributed by atoms with E-state index in [2.05, 4.69) is 9.89 Å². The van der Waals surface area contributed by atoms with Crippen LogP contribution in [0.5, 0.6) is 5.75 Å². The van der Waals surface area contributed by atoms with E-state index in [1.165, 1.54) is 13.2 Å². The third-order valence-corrected chi connectivity index (χ3v) is 2.65. The average molecular weight is 289 g/mol. The number of hydrogen-bond acceptors (Lipinski definition) is 6. The van der Waals surface area contributed by atoms with Gasteiger partial charge in [0.05, 0.1) is 20.4 Å². The predicted octanol–water partition coefficient (Wildman–Crippen LogP) is 2.63. The molecule has 6 nitrogen and oxygen atoms in total. The number of furan rings is 1. The molecule has 2 rings (SSSR count). The first-order valence-electron chi connectivity index (χ1n) is 6.19. The van der Waals surface area contributed by atoms with E-state index in [0.717, 1.165) is 11.3 Å². The Hall–Kier alpha value is -2.76. The summed E-state index contributed by atoms with van der Waals surface area (Å²) in [5.74, 6) is 0.875. The number of benzene rings is 1. The van der Waals surface area contributed by atoms with Crippen molar-refractivity contribution < 1.29 is 23.5 Å². The van der Waals surface area contributed by atoms with Crippen molar-refractivity contribution in [1.29, 1.82) is 0 Å². The molecule has 0 aliphatic carbocycles. The monoisotopic (exact) mass is 289 g/mol. The molecule has 1 aromatic heterocycles. The van der Waals surface area contributed by atoms with Gasteiger partial charge in [0.15, 0.2) is 6.61 Å². The van der Waals surface area contributed by atoms with E-state index < -0.39 is 5.97 Å². The van der Waals surface area contributed by atoms with Crippen molar-refractivity contribution in [3.63, 3.8) is 0 Å². The first-order chi connectivity index (χ1) is 10.2. The molecule has 0 aliphatic heterocycles. The Kier molecular flexibility index (Phi) is 4.98. The topological polar surface area (TPSA) is 70.3 Å². The second kappa shape index (κ2) is 7.14. The SMILES string of the molecule is COC(=O)c1ccc(CO/N=C\c2ccc(OC)cc2)o1. The second-order valence-corrected chi connectivity index (χ2v) is 4.04. The molecule has 0 radical (unpaired) electrons. The molecule has 1 aromatic carbocycles. The zero-order chi connectivity index (χ0) is 15.1. The van der Waals surface area contributed by atoms with Gasteiger partial charge in [-0.05, 0) is 42.0 Å². The highest BCUT2D eigenvalue weighted by molar-refractivity contribution is 5.86. The van der Waals surface area contributed by atoms with Crippen LogP contribution in [0.2, 0.25) is 0 Å². The van der Waals surface area contributed by atoms with Gasteiger partial charge in [0.2, 0.25) is 5.76 Å². The lowest BCUT2D eigenvalue weighted by atomic mass is 10.2. The molecule has 0 unspecified atom stereocenters. The van der Waals surface area contributed by atoms with E-state index in [-0.39, 0.29) is 12.4 Å². The van der Waals surface area contributed by atoms with Gasteiger partial charge in [0, 0.05) is 0 Å². The molecule has 0 fully saturated rings. The number of nitrogens with zero attached hydrogens (tertiary/aromatic N) is 1. The summed E-state index contributed by atoms with van der Waals surface area (Å²) in [7, 11) is 2.90. The summed E-state index contributed by atoms with van der Waals surface area (Å²) in [4.78, 5) is 16.3. The van der Waals surface area contributed by atoms with E-state index in [1.807, 2.05) is 24.3 Å². The fourth-order valence-electron chi connectivity index (χ4n) is 1.55. The molecule has 0 atom stereocenters. The minimum absolute atomic E-state index is 0.129. The predicted molar refractivity (Wildman–Crippen MR) is 75.4 cm³/mol. The maximum Gasteiger partial charge on any atom is 0.373 e. The number of rotatable bonds is 6. The van der Waals surface area contributed by atoms with Gasteiger partial charge in [-0.3, -0.25) is 0 Å². The Labute approximate surface area is 121 Å². The number of carbonyl (C=O) groups is 1. The Morgan fingerprint density at radius 1 is 1.19 bits per heavy atom. The van der Waals surface area contributed by atoms with Gasteiger partial charge >= 0.3 is 5.97 Å². The normalized spacial score (nSPS) is 10.6. The lowest BCUT2D eigenvalue weighted by molar-refractivity contribution is 0.0553. The Balaban J connectivity index is 1.84. The summed E-state index contributed by atoms with van der Waals surface area (Å²) in [6.07, 6.45) is 1.57. The molecule has 21 heavy (non-hydrogen) atoms. The lowest BCUT2D eigenvalue weighted by Crippen LogP contribution is -1.98. The lowest BCUT2D eigenvalue weighted by Gasteiger charge is -1.99. The van der Waals surface area contributed by atoms with Crippen LogP contribution in [-0.2, 0) is 16.2 Å². The molecule has 2 aromatic rings. The zero-order valence-corrected chi connectivity index (χ0v) is 11.7. The number of methoxy groups -OCH3 is 2. The fraction of sp³-hybridized carbons (Fsp3) is 0.200. The van der Waals surface area contributed by atoms with Crippen molar-refractivity contribution in [2.24, 2.45) is 5.16 Å². The van der Waals surface area contributed by atoms with E-state index in [4.69, 9.17) is 14.0 Å². The van der Waals surface area contributed by atoms with Crippen molar-refractivity contribution in [1.82, 2.24) is 0 Å². The number of esters is 1. The van der Waals surface area contributed by atoms with Gasteiger partial charge in [0.25, 0.3) is 0 Å². The van der Waals surface area contributed by atoms with Crippen LogP contribution in [0.3, 0.4) is 0 Å². The molecule has 0 N–H and O–H groups in total. The van der Waals surface area contributed by atoms with Gasteiger partial charge in [-0.25, -0.2) is 4.79 Å². The van der Waals surface area contributed by atoms with Crippen LogP contribution in [0.25, 0.3) is 0 Å². The summed E-state index contributed by atoms with van der Waals surface area (Å²) >= 11 is 0. The van der Waals surface area contributed by atoms with Gasteiger partial charge in [-0.2, -0.15) is 0 Å². The molecule has 0 amide bonds. The van der Waals surface area contributed by atoms with E-state index >= 15 is 0 Å². The molecule has 1 heterocycles. The van der Waals surface area contributed by atoms with Gasteiger partial charge in [-0.1, -0.05) is 5.16 Å². The van der Waals surface area contributed by atoms with Gasteiger partial charge in [-0.15, -0.1) is 0 Å². The highest BCUT2D eigenvalue weighted by Crippen LogP contribution is 2.11. The average Bonchev–Trinajstić information content (AvgIpc) is 3.00. The van der Waals surface area contributed by atoms with Crippen molar-refractivity contribution in [2.45, 2.75) is 6.61 Å². The summed E-state index contributed by atoms with van der Waals surface area (Å²) in [5.41, 5.74) is 0.880.